The second-order valence-corrected chi connectivity index (χ2v) is 5.15. The van der Waals surface area contributed by atoms with Gasteiger partial charge in [-0.05, 0) is 34.5 Å². The number of fused-ring (bicyclic) bond motifs is 1. The lowest BCUT2D eigenvalue weighted by Gasteiger charge is -2.04. The number of hydrogen-bond acceptors (Lipinski definition) is 4. The van der Waals surface area contributed by atoms with Gasteiger partial charge in [0.2, 0.25) is 5.90 Å². The standard InChI is InChI=1S/C19H12N2O2/c22-19-17(11-13-5-4-10-20-12-13)21-18(23-19)16-9-3-7-14-6-1-2-8-15(14)16/h1-12H/b17-11-. The molecule has 0 aliphatic carbocycles. The molecule has 0 N–H and O–H groups in total. The molecule has 3 aromatic rings. The minimum atomic E-state index is -0.447. The van der Waals surface area contributed by atoms with Crippen molar-refractivity contribution in [3.8, 4) is 0 Å². The summed E-state index contributed by atoms with van der Waals surface area (Å²) in [6.45, 7) is 0. The van der Waals surface area contributed by atoms with Crippen molar-refractivity contribution in [1.82, 2.24) is 4.98 Å². The Balaban J connectivity index is 1.79. The van der Waals surface area contributed by atoms with Gasteiger partial charge in [-0.3, -0.25) is 4.98 Å². The lowest BCUT2D eigenvalue weighted by atomic mass is 10.0. The van der Waals surface area contributed by atoms with E-state index in [4.69, 9.17) is 4.74 Å². The Kier molecular flexibility index (Phi) is 3.20. The Morgan fingerprint density at radius 3 is 2.70 bits per heavy atom. The number of carbonyl (C=O) groups excluding carboxylic acids is 1. The van der Waals surface area contributed by atoms with Crippen LogP contribution < -0.4 is 0 Å². The molecule has 2 heterocycles. The summed E-state index contributed by atoms with van der Waals surface area (Å²) in [4.78, 5) is 20.5. The van der Waals surface area contributed by atoms with Gasteiger partial charge in [0.05, 0.1) is 0 Å². The average molecular weight is 300 g/mol. The number of carbonyl (C=O) groups is 1. The third kappa shape index (κ3) is 2.51. The predicted octanol–water partition coefficient (Wildman–Crippen LogP) is 3.58. The topological polar surface area (TPSA) is 51.5 Å². The molecule has 0 atom stereocenters. The molecular formula is C19H12N2O2. The van der Waals surface area contributed by atoms with Crippen molar-refractivity contribution in [1.29, 1.82) is 0 Å². The van der Waals surface area contributed by atoms with Crippen molar-refractivity contribution < 1.29 is 9.53 Å². The maximum absolute atomic E-state index is 12.1. The van der Waals surface area contributed by atoms with E-state index in [2.05, 4.69) is 9.98 Å². The second-order valence-electron chi connectivity index (χ2n) is 5.15. The SMILES string of the molecule is O=C1OC(c2cccc3ccccc23)=N/C1=C\c1cccnc1. The van der Waals surface area contributed by atoms with E-state index in [-0.39, 0.29) is 5.70 Å². The molecule has 0 saturated heterocycles. The highest BCUT2D eigenvalue weighted by molar-refractivity contribution is 6.17. The summed E-state index contributed by atoms with van der Waals surface area (Å²) in [7, 11) is 0. The molecule has 0 radical (unpaired) electrons. The van der Waals surface area contributed by atoms with Crippen LogP contribution in [0.2, 0.25) is 0 Å². The van der Waals surface area contributed by atoms with Crippen LogP contribution >= 0.6 is 0 Å². The largest absolute Gasteiger partial charge is 0.402 e. The maximum atomic E-state index is 12.1. The predicted molar refractivity (Wildman–Crippen MR) is 88.8 cm³/mol. The van der Waals surface area contributed by atoms with Crippen molar-refractivity contribution in [2.75, 3.05) is 0 Å². The molecule has 1 aliphatic rings. The molecule has 0 unspecified atom stereocenters. The molecule has 4 heteroatoms. The number of rotatable bonds is 2. The number of esters is 1. The number of pyridine rings is 1. The van der Waals surface area contributed by atoms with E-state index in [9.17, 15) is 4.79 Å². The zero-order valence-electron chi connectivity index (χ0n) is 12.1. The lowest BCUT2D eigenvalue weighted by molar-refractivity contribution is -0.129. The summed E-state index contributed by atoms with van der Waals surface area (Å²) in [5.74, 6) is -0.112. The van der Waals surface area contributed by atoms with Crippen molar-refractivity contribution in [3.05, 3.63) is 83.8 Å². The first-order valence-corrected chi connectivity index (χ1v) is 7.22. The molecule has 1 aromatic heterocycles. The molecule has 110 valence electrons. The molecule has 0 fully saturated rings. The third-order valence-electron chi connectivity index (χ3n) is 3.63. The fourth-order valence-corrected chi connectivity index (χ4v) is 2.56. The van der Waals surface area contributed by atoms with E-state index >= 15 is 0 Å². The van der Waals surface area contributed by atoms with E-state index < -0.39 is 5.97 Å². The average Bonchev–Trinajstić information content (AvgIpc) is 2.96. The number of benzene rings is 2. The van der Waals surface area contributed by atoms with Crippen molar-refractivity contribution >= 4 is 28.7 Å². The highest BCUT2D eigenvalue weighted by atomic mass is 16.6. The number of hydrogen-bond donors (Lipinski definition) is 0. The van der Waals surface area contributed by atoms with Gasteiger partial charge in [-0.1, -0.05) is 42.5 Å². The van der Waals surface area contributed by atoms with E-state index in [1.54, 1.807) is 18.5 Å². The zero-order chi connectivity index (χ0) is 15.6. The first-order chi connectivity index (χ1) is 11.3. The molecule has 4 nitrogen and oxygen atoms in total. The Morgan fingerprint density at radius 1 is 0.957 bits per heavy atom. The molecule has 2 aromatic carbocycles. The quantitative estimate of drug-likeness (QED) is 0.537. The molecule has 0 spiro atoms. The number of nitrogens with zero attached hydrogens (tertiary/aromatic N) is 2. The van der Waals surface area contributed by atoms with Gasteiger partial charge in [0.1, 0.15) is 0 Å². The molecule has 0 bridgehead atoms. The summed E-state index contributed by atoms with van der Waals surface area (Å²) >= 11 is 0. The van der Waals surface area contributed by atoms with Gasteiger partial charge < -0.3 is 4.74 Å². The Hall–Kier alpha value is -3.27. The Labute approximate surface area is 132 Å². The van der Waals surface area contributed by atoms with Gasteiger partial charge in [0.15, 0.2) is 5.70 Å². The zero-order valence-corrected chi connectivity index (χ0v) is 12.1. The van der Waals surface area contributed by atoms with Gasteiger partial charge in [-0.2, -0.15) is 0 Å². The first kappa shape index (κ1) is 13.4. The molecule has 0 saturated carbocycles. The fraction of sp³-hybridized carbons (Fsp3) is 0. The van der Waals surface area contributed by atoms with Gasteiger partial charge in [0, 0.05) is 18.0 Å². The van der Waals surface area contributed by atoms with Crippen LogP contribution in [-0.4, -0.2) is 16.9 Å². The van der Waals surface area contributed by atoms with Crippen LogP contribution in [0.4, 0.5) is 0 Å². The van der Waals surface area contributed by atoms with Crippen LogP contribution in [0.15, 0.2) is 77.7 Å². The molecular weight excluding hydrogens is 288 g/mol. The van der Waals surface area contributed by atoms with Crippen LogP contribution in [0.3, 0.4) is 0 Å². The highest BCUT2D eigenvalue weighted by Gasteiger charge is 2.25. The van der Waals surface area contributed by atoms with Crippen molar-refractivity contribution in [2.24, 2.45) is 4.99 Å². The van der Waals surface area contributed by atoms with Gasteiger partial charge in [-0.15, -0.1) is 0 Å². The number of cyclic esters (lactones) is 1. The lowest BCUT2D eigenvalue weighted by Crippen LogP contribution is -2.05. The van der Waals surface area contributed by atoms with Crippen molar-refractivity contribution in [2.45, 2.75) is 0 Å². The van der Waals surface area contributed by atoms with Gasteiger partial charge >= 0.3 is 5.97 Å². The Morgan fingerprint density at radius 2 is 1.83 bits per heavy atom. The van der Waals surface area contributed by atoms with E-state index in [1.165, 1.54) is 0 Å². The number of ether oxygens (including phenoxy) is 1. The van der Waals surface area contributed by atoms with E-state index in [0.29, 0.717) is 5.90 Å². The van der Waals surface area contributed by atoms with Crippen LogP contribution in [-0.2, 0) is 9.53 Å². The van der Waals surface area contributed by atoms with Crippen LogP contribution in [0.25, 0.3) is 16.8 Å². The summed E-state index contributed by atoms with van der Waals surface area (Å²) in [6, 6.07) is 17.5. The van der Waals surface area contributed by atoms with Gasteiger partial charge in [0.25, 0.3) is 0 Å². The second kappa shape index (κ2) is 5.50. The minimum Gasteiger partial charge on any atom is -0.402 e. The van der Waals surface area contributed by atoms with Crippen molar-refractivity contribution in [3.63, 3.8) is 0 Å². The third-order valence-corrected chi connectivity index (χ3v) is 3.63. The molecule has 23 heavy (non-hydrogen) atoms. The molecule has 4 rings (SSSR count). The van der Waals surface area contributed by atoms with E-state index in [0.717, 1.165) is 21.9 Å². The highest BCUT2D eigenvalue weighted by Crippen LogP contribution is 2.24. The monoisotopic (exact) mass is 300 g/mol. The summed E-state index contributed by atoms with van der Waals surface area (Å²) in [5.41, 5.74) is 1.90. The van der Waals surface area contributed by atoms with Gasteiger partial charge in [-0.25, -0.2) is 9.79 Å². The number of aliphatic imine (C=N–C) groups is 1. The molecule has 0 amide bonds. The smallest absolute Gasteiger partial charge is 0.363 e. The Bertz CT molecular complexity index is 954. The summed E-state index contributed by atoms with van der Waals surface area (Å²) in [5, 5.41) is 2.08. The molecule has 1 aliphatic heterocycles. The van der Waals surface area contributed by atoms with Crippen LogP contribution in [0, 0.1) is 0 Å². The maximum Gasteiger partial charge on any atom is 0.363 e. The summed E-state index contributed by atoms with van der Waals surface area (Å²) in [6.07, 6.45) is 5.03. The fourth-order valence-electron chi connectivity index (χ4n) is 2.56. The van der Waals surface area contributed by atoms with E-state index in [1.807, 2.05) is 54.6 Å². The van der Waals surface area contributed by atoms with Crippen LogP contribution in [0.5, 0.6) is 0 Å². The van der Waals surface area contributed by atoms with Crippen LogP contribution in [0.1, 0.15) is 11.1 Å². The first-order valence-electron chi connectivity index (χ1n) is 7.22. The normalized spacial score (nSPS) is 15.7. The minimum absolute atomic E-state index is 0.279. The summed E-state index contributed by atoms with van der Waals surface area (Å²) < 4.78 is 5.36. The number of aromatic nitrogens is 1.